The summed E-state index contributed by atoms with van der Waals surface area (Å²) in [5.74, 6) is 0.113. The quantitative estimate of drug-likeness (QED) is 0.941. The lowest BCUT2D eigenvalue weighted by Gasteiger charge is -2.37. The molecule has 1 aromatic carbocycles. The highest BCUT2D eigenvalue weighted by Gasteiger charge is 2.28. The highest BCUT2D eigenvalue weighted by Crippen LogP contribution is 2.28. The van der Waals surface area contributed by atoms with Gasteiger partial charge in [0.2, 0.25) is 5.91 Å². The molecule has 1 fully saturated rings. The Morgan fingerprint density at radius 2 is 2.17 bits per heavy atom. The molecule has 1 N–H and O–H groups in total. The molecule has 1 unspecified atom stereocenters. The second-order valence-electron chi connectivity index (χ2n) is 5.81. The van der Waals surface area contributed by atoms with Crippen LogP contribution < -0.4 is 5.32 Å². The lowest BCUT2D eigenvalue weighted by Crippen LogP contribution is -2.49. The molecule has 2 aromatic rings. The number of hydrogen-bond acceptors (Lipinski definition) is 3. The van der Waals surface area contributed by atoms with Gasteiger partial charge in [-0.1, -0.05) is 35.9 Å². The molecule has 23 heavy (non-hydrogen) atoms. The van der Waals surface area contributed by atoms with Gasteiger partial charge in [0.05, 0.1) is 12.5 Å². The van der Waals surface area contributed by atoms with Crippen molar-refractivity contribution in [3.05, 3.63) is 64.4 Å². The summed E-state index contributed by atoms with van der Waals surface area (Å²) in [6.45, 7) is 4.16. The Kier molecular flexibility index (Phi) is 4.94. The average molecular weight is 330 g/mol. The highest BCUT2D eigenvalue weighted by atomic mass is 35.5. The first-order chi connectivity index (χ1) is 11.1. The number of pyridine rings is 1. The molecular weight excluding hydrogens is 310 g/mol. The summed E-state index contributed by atoms with van der Waals surface area (Å²) in [7, 11) is 0. The van der Waals surface area contributed by atoms with Crippen LogP contribution in [0.3, 0.4) is 0 Å². The smallest absolute Gasteiger partial charge is 0.227 e. The molecule has 1 atom stereocenters. The maximum Gasteiger partial charge on any atom is 0.227 e. The largest absolute Gasteiger partial charge is 0.333 e. The molecule has 1 amide bonds. The van der Waals surface area contributed by atoms with Crippen LogP contribution in [-0.2, 0) is 11.2 Å². The van der Waals surface area contributed by atoms with Crippen LogP contribution in [-0.4, -0.2) is 35.4 Å². The molecular formula is C18H20ClN3O. The van der Waals surface area contributed by atoms with Crippen molar-refractivity contribution in [1.29, 1.82) is 0 Å². The van der Waals surface area contributed by atoms with Crippen molar-refractivity contribution < 1.29 is 4.79 Å². The fourth-order valence-electron chi connectivity index (χ4n) is 2.91. The van der Waals surface area contributed by atoms with Crippen LogP contribution in [0, 0.1) is 6.92 Å². The van der Waals surface area contributed by atoms with Gasteiger partial charge in [-0.3, -0.25) is 9.78 Å². The van der Waals surface area contributed by atoms with E-state index in [2.05, 4.69) is 10.3 Å². The fraction of sp³-hybridized carbons (Fsp3) is 0.333. The van der Waals surface area contributed by atoms with E-state index in [1.54, 1.807) is 6.20 Å². The van der Waals surface area contributed by atoms with Gasteiger partial charge in [-0.15, -0.1) is 0 Å². The summed E-state index contributed by atoms with van der Waals surface area (Å²) in [6, 6.07) is 11.6. The zero-order valence-electron chi connectivity index (χ0n) is 13.1. The zero-order valence-corrected chi connectivity index (χ0v) is 13.9. The van der Waals surface area contributed by atoms with Crippen LogP contribution in [0.1, 0.15) is 22.9 Å². The second kappa shape index (κ2) is 7.11. The van der Waals surface area contributed by atoms with E-state index in [9.17, 15) is 4.79 Å². The van der Waals surface area contributed by atoms with Gasteiger partial charge in [0.1, 0.15) is 0 Å². The van der Waals surface area contributed by atoms with E-state index >= 15 is 0 Å². The number of halogens is 1. The SMILES string of the molecule is Cc1ccc(CC(=O)N2CCNCC2c2ccccc2Cl)cn1. The molecule has 1 aliphatic rings. The summed E-state index contributed by atoms with van der Waals surface area (Å²) in [4.78, 5) is 19.0. The van der Waals surface area contributed by atoms with Crippen molar-refractivity contribution in [2.75, 3.05) is 19.6 Å². The maximum absolute atomic E-state index is 12.8. The summed E-state index contributed by atoms with van der Waals surface area (Å²) in [6.07, 6.45) is 2.15. The number of amides is 1. The average Bonchev–Trinajstić information content (AvgIpc) is 2.57. The van der Waals surface area contributed by atoms with Gasteiger partial charge in [0.15, 0.2) is 0 Å². The van der Waals surface area contributed by atoms with E-state index in [0.29, 0.717) is 18.0 Å². The number of aryl methyl sites for hydroxylation is 1. The molecule has 2 heterocycles. The summed E-state index contributed by atoms with van der Waals surface area (Å²) in [5.41, 5.74) is 2.89. The minimum atomic E-state index is -0.0247. The predicted molar refractivity (Wildman–Crippen MR) is 91.5 cm³/mol. The number of aromatic nitrogens is 1. The molecule has 0 bridgehead atoms. The summed E-state index contributed by atoms with van der Waals surface area (Å²) >= 11 is 6.33. The van der Waals surface area contributed by atoms with Gasteiger partial charge in [0, 0.05) is 36.5 Å². The lowest BCUT2D eigenvalue weighted by atomic mass is 10.0. The minimum Gasteiger partial charge on any atom is -0.333 e. The number of nitrogens with zero attached hydrogens (tertiary/aromatic N) is 2. The van der Waals surface area contributed by atoms with Crippen molar-refractivity contribution >= 4 is 17.5 Å². The third-order valence-electron chi connectivity index (χ3n) is 4.16. The molecule has 3 rings (SSSR count). The van der Waals surface area contributed by atoms with Crippen LogP contribution in [0.15, 0.2) is 42.6 Å². The van der Waals surface area contributed by atoms with Crippen molar-refractivity contribution in [1.82, 2.24) is 15.2 Å². The minimum absolute atomic E-state index is 0.0247. The first-order valence-corrected chi connectivity index (χ1v) is 8.19. The van der Waals surface area contributed by atoms with Crippen LogP contribution in [0.4, 0.5) is 0 Å². The van der Waals surface area contributed by atoms with Gasteiger partial charge in [0.25, 0.3) is 0 Å². The molecule has 0 aliphatic carbocycles. The molecule has 120 valence electrons. The third-order valence-corrected chi connectivity index (χ3v) is 4.50. The van der Waals surface area contributed by atoms with E-state index < -0.39 is 0 Å². The Morgan fingerprint density at radius 1 is 1.35 bits per heavy atom. The van der Waals surface area contributed by atoms with E-state index in [1.807, 2.05) is 48.2 Å². The van der Waals surface area contributed by atoms with Crippen molar-refractivity contribution in [3.63, 3.8) is 0 Å². The first-order valence-electron chi connectivity index (χ1n) is 7.81. The topological polar surface area (TPSA) is 45.2 Å². The molecule has 1 aliphatic heterocycles. The fourth-order valence-corrected chi connectivity index (χ4v) is 3.17. The van der Waals surface area contributed by atoms with E-state index in [0.717, 1.165) is 29.9 Å². The number of piperazine rings is 1. The molecule has 0 spiro atoms. The van der Waals surface area contributed by atoms with E-state index in [-0.39, 0.29) is 11.9 Å². The molecule has 4 nitrogen and oxygen atoms in total. The predicted octanol–water partition coefficient (Wildman–Crippen LogP) is 2.76. The van der Waals surface area contributed by atoms with Crippen LogP contribution in [0.2, 0.25) is 5.02 Å². The molecule has 0 radical (unpaired) electrons. The molecule has 0 saturated carbocycles. The Hall–Kier alpha value is -1.91. The monoisotopic (exact) mass is 329 g/mol. The number of hydrogen-bond donors (Lipinski definition) is 1. The number of benzene rings is 1. The number of carbonyl (C=O) groups is 1. The van der Waals surface area contributed by atoms with Crippen molar-refractivity contribution in [3.8, 4) is 0 Å². The van der Waals surface area contributed by atoms with Gasteiger partial charge in [-0.05, 0) is 30.2 Å². The number of nitrogens with one attached hydrogen (secondary N) is 1. The van der Waals surface area contributed by atoms with Gasteiger partial charge < -0.3 is 10.2 Å². The van der Waals surface area contributed by atoms with E-state index in [1.165, 1.54) is 0 Å². The standard InChI is InChI=1S/C18H20ClN3O/c1-13-6-7-14(11-21-13)10-18(23)22-9-8-20-12-17(22)15-4-2-3-5-16(15)19/h2-7,11,17,20H,8-10,12H2,1H3. The van der Waals surface area contributed by atoms with Crippen LogP contribution >= 0.6 is 11.6 Å². The summed E-state index contributed by atoms with van der Waals surface area (Å²) < 4.78 is 0. The Morgan fingerprint density at radius 3 is 2.91 bits per heavy atom. The molecule has 1 aromatic heterocycles. The molecule has 5 heteroatoms. The van der Waals surface area contributed by atoms with E-state index in [4.69, 9.17) is 11.6 Å². The number of carbonyl (C=O) groups excluding carboxylic acids is 1. The highest BCUT2D eigenvalue weighted by molar-refractivity contribution is 6.31. The van der Waals surface area contributed by atoms with Gasteiger partial charge in [-0.25, -0.2) is 0 Å². The Labute approximate surface area is 141 Å². The van der Waals surface area contributed by atoms with Gasteiger partial charge >= 0.3 is 0 Å². The lowest BCUT2D eigenvalue weighted by molar-refractivity contribution is -0.133. The first kappa shape index (κ1) is 16.0. The number of rotatable bonds is 3. The maximum atomic E-state index is 12.8. The third kappa shape index (κ3) is 3.71. The summed E-state index contributed by atoms with van der Waals surface area (Å²) in [5, 5.41) is 4.06. The van der Waals surface area contributed by atoms with Gasteiger partial charge in [-0.2, -0.15) is 0 Å². The van der Waals surface area contributed by atoms with Crippen molar-refractivity contribution in [2.45, 2.75) is 19.4 Å². The Balaban J connectivity index is 1.79. The molecule has 1 saturated heterocycles. The van der Waals surface area contributed by atoms with Crippen molar-refractivity contribution in [2.24, 2.45) is 0 Å². The second-order valence-corrected chi connectivity index (χ2v) is 6.22. The van der Waals surface area contributed by atoms with Crippen LogP contribution in [0.5, 0.6) is 0 Å². The Bertz CT molecular complexity index is 687. The zero-order chi connectivity index (χ0) is 16.2. The van der Waals surface area contributed by atoms with Crippen LogP contribution in [0.25, 0.3) is 0 Å². The normalized spacial score (nSPS) is 18.0.